The number of fused-ring (bicyclic) bond motifs is 12. The van der Waals surface area contributed by atoms with Gasteiger partial charge in [-0.25, -0.2) is 0 Å². The maximum atomic E-state index is 6.89. The molecule has 0 saturated carbocycles. The van der Waals surface area contributed by atoms with Crippen LogP contribution in [0.15, 0.2) is 164 Å². The molecule has 0 spiro atoms. The van der Waals surface area contributed by atoms with E-state index in [1.807, 2.05) is 22.7 Å². The highest BCUT2D eigenvalue weighted by Crippen LogP contribution is 2.52. The Bertz CT molecular complexity index is 4010. The zero-order valence-electron chi connectivity index (χ0n) is 40.8. The van der Waals surface area contributed by atoms with Crippen LogP contribution in [0.1, 0.15) is 49.4 Å². The standard InChI is InChI=1S/C64H51BN2O2S2/c1-37-30-53-60-54(31-37)67(61-38(2)32-44(33-39(61)3)64(4,5)6)62-50(25-27-55-63(62)69-29-11-28-68-55)65(60)51-34-41(43-19-24-49-47-13-8-10-15-57(47)71-59(49)36-43)20-26-52(51)66(53)45-21-16-40(17-22-45)42-18-23-48-46-12-7-9-14-56(46)70-58(48)35-42/h7-10,12-27,30-36H,11,28-29H2,1-6H3. The van der Waals surface area contributed by atoms with Gasteiger partial charge in [-0.1, -0.05) is 124 Å². The lowest BCUT2D eigenvalue weighted by Crippen LogP contribution is -2.61. The Morgan fingerprint density at radius 1 is 0.479 bits per heavy atom. The smallest absolute Gasteiger partial charge is 0.252 e. The minimum Gasteiger partial charge on any atom is -0.489 e. The van der Waals surface area contributed by atoms with Crippen molar-refractivity contribution >= 4 is 120 Å². The lowest BCUT2D eigenvalue weighted by Gasteiger charge is -2.45. The van der Waals surface area contributed by atoms with E-state index in [1.54, 1.807) is 0 Å². The van der Waals surface area contributed by atoms with E-state index >= 15 is 0 Å². The second-order valence-corrected chi connectivity index (χ2v) is 23.0. The molecular formula is C64H51BN2O2S2. The molecule has 71 heavy (non-hydrogen) atoms. The van der Waals surface area contributed by atoms with Gasteiger partial charge in [-0.3, -0.25) is 0 Å². The predicted molar refractivity (Wildman–Crippen MR) is 306 cm³/mol. The van der Waals surface area contributed by atoms with E-state index in [2.05, 4.69) is 215 Å². The Hall–Kier alpha value is -7.32. The largest absolute Gasteiger partial charge is 0.489 e. The first-order valence-corrected chi connectivity index (χ1v) is 26.6. The average molecular weight is 955 g/mol. The molecule has 0 fully saturated rings. The summed E-state index contributed by atoms with van der Waals surface area (Å²) in [6.45, 7) is 14.9. The molecule has 0 atom stereocenters. The van der Waals surface area contributed by atoms with E-state index in [-0.39, 0.29) is 12.1 Å². The van der Waals surface area contributed by atoms with E-state index < -0.39 is 0 Å². The summed E-state index contributed by atoms with van der Waals surface area (Å²) in [5, 5.41) is 5.27. The van der Waals surface area contributed by atoms with Crippen LogP contribution in [0, 0.1) is 20.8 Å². The van der Waals surface area contributed by atoms with Gasteiger partial charge in [0.25, 0.3) is 6.71 Å². The third-order valence-corrected chi connectivity index (χ3v) is 17.5. The number of aryl methyl sites for hydroxylation is 3. The molecule has 0 aliphatic carbocycles. The number of nitrogens with zero attached hydrogens (tertiary/aromatic N) is 2. The fourth-order valence-electron chi connectivity index (χ4n) is 11.9. The molecule has 3 aliphatic rings. The molecule has 2 aromatic heterocycles. The Balaban J connectivity index is 1.00. The van der Waals surface area contributed by atoms with Crippen LogP contribution in [0.4, 0.5) is 34.1 Å². The molecule has 14 rings (SSSR count). The summed E-state index contributed by atoms with van der Waals surface area (Å²) in [4.78, 5) is 5.07. The average Bonchev–Trinajstić information content (AvgIpc) is 3.83. The molecule has 0 radical (unpaired) electrons. The fraction of sp³-hybridized carbons (Fsp3) is 0.156. The van der Waals surface area contributed by atoms with Crippen molar-refractivity contribution in [2.75, 3.05) is 23.0 Å². The Morgan fingerprint density at radius 3 is 1.70 bits per heavy atom. The fourth-order valence-corrected chi connectivity index (χ4v) is 14.2. The molecule has 3 aliphatic heterocycles. The second-order valence-electron chi connectivity index (χ2n) is 20.8. The van der Waals surface area contributed by atoms with Crippen LogP contribution >= 0.6 is 22.7 Å². The molecule has 5 heterocycles. The van der Waals surface area contributed by atoms with E-state index in [0.717, 1.165) is 29.3 Å². The van der Waals surface area contributed by atoms with E-state index in [9.17, 15) is 0 Å². The maximum absolute atomic E-state index is 6.89. The highest BCUT2D eigenvalue weighted by atomic mass is 32.1. The number of hydrogen-bond acceptors (Lipinski definition) is 6. The topological polar surface area (TPSA) is 24.9 Å². The van der Waals surface area contributed by atoms with E-state index in [1.165, 1.54) is 124 Å². The quantitative estimate of drug-likeness (QED) is 0.164. The van der Waals surface area contributed by atoms with Crippen molar-refractivity contribution < 1.29 is 9.47 Å². The summed E-state index contributed by atoms with van der Waals surface area (Å²) in [6.07, 6.45) is 0.828. The van der Waals surface area contributed by atoms with Gasteiger partial charge in [0.2, 0.25) is 0 Å². The molecule has 0 N–H and O–H groups in total. The lowest BCUT2D eigenvalue weighted by atomic mass is 9.33. The zero-order valence-corrected chi connectivity index (χ0v) is 42.4. The monoisotopic (exact) mass is 954 g/mol. The second kappa shape index (κ2) is 15.8. The molecule has 344 valence electrons. The number of thiophene rings is 2. The first-order valence-electron chi connectivity index (χ1n) is 24.9. The molecule has 7 heteroatoms. The summed E-state index contributed by atoms with van der Waals surface area (Å²) >= 11 is 3.75. The van der Waals surface area contributed by atoms with Crippen LogP contribution in [0.25, 0.3) is 62.6 Å². The molecule has 0 unspecified atom stereocenters. The Labute approximate surface area is 423 Å². The number of rotatable bonds is 4. The van der Waals surface area contributed by atoms with Crippen LogP contribution in [-0.2, 0) is 5.41 Å². The third-order valence-electron chi connectivity index (χ3n) is 15.2. The minimum absolute atomic E-state index is 0.000186. The van der Waals surface area contributed by atoms with Gasteiger partial charge >= 0.3 is 0 Å². The molecule has 0 amide bonds. The first-order chi connectivity index (χ1) is 34.6. The van der Waals surface area contributed by atoms with Gasteiger partial charge in [-0.2, -0.15) is 0 Å². The summed E-state index contributed by atoms with van der Waals surface area (Å²) < 4.78 is 18.7. The predicted octanol–water partition coefficient (Wildman–Crippen LogP) is 16.2. The highest BCUT2D eigenvalue weighted by molar-refractivity contribution is 7.26. The van der Waals surface area contributed by atoms with Crippen LogP contribution in [-0.4, -0.2) is 19.9 Å². The molecule has 0 bridgehead atoms. The van der Waals surface area contributed by atoms with Gasteiger partial charge < -0.3 is 19.3 Å². The van der Waals surface area contributed by atoms with Gasteiger partial charge in [0.1, 0.15) is 0 Å². The summed E-state index contributed by atoms with van der Waals surface area (Å²) in [5.74, 6) is 1.63. The van der Waals surface area contributed by atoms with Gasteiger partial charge in [-0.15, -0.1) is 22.7 Å². The summed E-state index contributed by atoms with van der Waals surface area (Å²) in [6, 6.07) is 62.1. The molecular weight excluding hydrogens is 904 g/mol. The van der Waals surface area contributed by atoms with E-state index in [4.69, 9.17) is 9.47 Å². The van der Waals surface area contributed by atoms with Crippen molar-refractivity contribution in [3.63, 3.8) is 0 Å². The van der Waals surface area contributed by atoms with Crippen molar-refractivity contribution in [1.29, 1.82) is 0 Å². The van der Waals surface area contributed by atoms with Crippen molar-refractivity contribution in [3.8, 4) is 33.8 Å². The lowest BCUT2D eigenvalue weighted by molar-refractivity contribution is 0.297. The molecule has 9 aromatic carbocycles. The zero-order chi connectivity index (χ0) is 47.9. The Morgan fingerprint density at radius 2 is 1.04 bits per heavy atom. The number of hydrogen-bond donors (Lipinski definition) is 0. The summed E-state index contributed by atoms with van der Waals surface area (Å²) in [7, 11) is 0. The number of ether oxygens (including phenoxy) is 2. The first kappa shape index (κ1) is 42.6. The van der Waals surface area contributed by atoms with E-state index in [0.29, 0.717) is 13.2 Å². The highest BCUT2D eigenvalue weighted by Gasteiger charge is 2.46. The van der Waals surface area contributed by atoms with Gasteiger partial charge in [0.15, 0.2) is 11.5 Å². The number of benzene rings is 9. The molecule has 4 nitrogen and oxygen atoms in total. The van der Waals surface area contributed by atoms with Gasteiger partial charge in [0.05, 0.1) is 24.6 Å². The van der Waals surface area contributed by atoms with Crippen molar-refractivity contribution in [2.45, 2.75) is 53.4 Å². The minimum atomic E-state index is -0.0926. The molecule has 0 saturated heterocycles. The van der Waals surface area contributed by atoms with Crippen LogP contribution in [0.3, 0.4) is 0 Å². The van der Waals surface area contributed by atoms with Crippen molar-refractivity contribution in [1.82, 2.24) is 0 Å². The normalized spacial score (nSPS) is 14.0. The summed E-state index contributed by atoms with van der Waals surface area (Å²) in [5.41, 5.74) is 20.6. The SMILES string of the molecule is Cc1cc2c3c(c1)N(c1c(C)cc(C(C)(C)C)cc1C)c1c(ccc4c1OCCCO4)B3c1cc(-c3ccc4c(c3)sc3ccccc34)ccc1N2c1ccc(-c2ccc3c(c2)sc2ccccc23)cc1. The van der Waals surface area contributed by atoms with Crippen LogP contribution in [0.2, 0.25) is 0 Å². The third kappa shape index (κ3) is 6.62. The van der Waals surface area contributed by atoms with Gasteiger partial charge in [-0.05, 0) is 148 Å². The maximum Gasteiger partial charge on any atom is 0.252 e. The number of anilines is 6. The van der Waals surface area contributed by atoms with Crippen LogP contribution < -0.4 is 35.7 Å². The van der Waals surface area contributed by atoms with Crippen molar-refractivity contribution in [2.24, 2.45) is 0 Å². The Kier molecular flexibility index (Phi) is 9.50. The van der Waals surface area contributed by atoms with Crippen molar-refractivity contribution in [3.05, 3.63) is 186 Å². The molecule has 11 aromatic rings. The van der Waals surface area contributed by atoms with Gasteiger partial charge in [0, 0.05) is 69.5 Å². The van der Waals surface area contributed by atoms with Crippen LogP contribution in [0.5, 0.6) is 11.5 Å².